The molecule has 0 amide bonds. The van der Waals surface area contributed by atoms with E-state index in [1.54, 1.807) is 7.11 Å². The van der Waals surface area contributed by atoms with Crippen LogP contribution in [-0.2, 0) is 11.8 Å². The summed E-state index contributed by atoms with van der Waals surface area (Å²) >= 11 is 0. The summed E-state index contributed by atoms with van der Waals surface area (Å²) in [6.07, 6.45) is 5.18. The van der Waals surface area contributed by atoms with Crippen LogP contribution in [0.2, 0.25) is 0 Å². The predicted octanol–water partition coefficient (Wildman–Crippen LogP) is 2.41. The van der Waals surface area contributed by atoms with Gasteiger partial charge in [-0.3, -0.25) is 0 Å². The van der Waals surface area contributed by atoms with E-state index in [0.29, 0.717) is 12.0 Å². The van der Waals surface area contributed by atoms with Crippen LogP contribution in [0.25, 0.3) is 0 Å². The lowest BCUT2D eigenvalue weighted by Crippen LogP contribution is -2.60. The molecule has 4 nitrogen and oxygen atoms in total. The molecule has 2 fully saturated rings. The molecule has 4 heteroatoms. The van der Waals surface area contributed by atoms with Crippen LogP contribution in [0.4, 0.5) is 0 Å². The molecule has 2 saturated carbocycles. The Hall–Kier alpha value is -1.26. The van der Waals surface area contributed by atoms with Crippen LogP contribution < -0.4 is 14.8 Å². The van der Waals surface area contributed by atoms with Gasteiger partial charge in [-0.25, -0.2) is 0 Å². The first-order valence-corrected chi connectivity index (χ1v) is 9.41. The van der Waals surface area contributed by atoms with E-state index in [0.717, 1.165) is 43.2 Å². The third-order valence-electron chi connectivity index (χ3n) is 6.99. The standard InChI is InChI=1S/C20H27NO3/c1-20-13-6-7-15(22)19(20)24-18-16(23-2)8-5-12(17(18)20)9-14(13)21-10-11-3-4-11/h5,8,11,13-15,19,21-22H,3-4,6-7,9-10H2,1-2H3/t13-,14+,15+,19-,20?/m1/s1. The third kappa shape index (κ3) is 1.93. The van der Waals surface area contributed by atoms with Crippen molar-refractivity contribution in [2.24, 2.45) is 11.8 Å². The molecule has 130 valence electrons. The molecule has 0 aromatic heterocycles. The van der Waals surface area contributed by atoms with Crippen LogP contribution in [0, 0.1) is 11.8 Å². The first-order chi connectivity index (χ1) is 11.6. The Morgan fingerprint density at radius 3 is 2.88 bits per heavy atom. The van der Waals surface area contributed by atoms with Crippen LogP contribution in [0.1, 0.15) is 43.7 Å². The minimum absolute atomic E-state index is 0.115. The first kappa shape index (κ1) is 15.0. The topological polar surface area (TPSA) is 50.7 Å². The Morgan fingerprint density at radius 1 is 1.29 bits per heavy atom. The number of rotatable bonds is 4. The van der Waals surface area contributed by atoms with Gasteiger partial charge >= 0.3 is 0 Å². The molecule has 2 N–H and O–H groups in total. The van der Waals surface area contributed by atoms with Gasteiger partial charge in [-0.1, -0.05) is 13.0 Å². The van der Waals surface area contributed by atoms with Crippen LogP contribution in [0.3, 0.4) is 0 Å². The fourth-order valence-corrected chi connectivity index (χ4v) is 5.56. The second kappa shape index (κ2) is 5.12. The number of methoxy groups -OCH3 is 1. The second-order valence-corrected chi connectivity index (χ2v) is 8.37. The zero-order chi connectivity index (χ0) is 16.5. The summed E-state index contributed by atoms with van der Waals surface area (Å²) in [6, 6.07) is 4.72. The Morgan fingerprint density at radius 2 is 2.12 bits per heavy atom. The van der Waals surface area contributed by atoms with E-state index in [4.69, 9.17) is 9.47 Å². The normalized spacial score (nSPS) is 39.3. The van der Waals surface area contributed by atoms with Crippen molar-refractivity contribution in [1.29, 1.82) is 0 Å². The minimum Gasteiger partial charge on any atom is -0.493 e. The molecular weight excluding hydrogens is 302 g/mol. The molecule has 1 unspecified atom stereocenters. The summed E-state index contributed by atoms with van der Waals surface area (Å²) in [5.74, 6) is 3.09. The van der Waals surface area contributed by atoms with Crippen LogP contribution in [0.5, 0.6) is 11.5 Å². The summed E-state index contributed by atoms with van der Waals surface area (Å²) in [7, 11) is 1.70. The average molecular weight is 329 g/mol. The number of benzene rings is 1. The zero-order valence-electron chi connectivity index (χ0n) is 14.5. The van der Waals surface area contributed by atoms with Crippen molar-refractivity contribution in [3.63, 3.8) is 0 Å². The van der Waals surface area contributed by atoms with Crippen molar-refractivity contribution in [2.75, 3.05) is 13.7 Å². The summed E-state index contributed by atoms with van der Waals surface area (Å²) < 4.78 is 11.9. The van der Waals surface area contributed by atoms with Gasteiger partial charge in [0.25, 0.3) is 0 Å². The maximum Gasteiger partial charge on any atom is 0.165 e. The molecule has 4 aliphatic rings. The van der Waals surface area contributed by atoms with Crippen molar-refractivity contribution in [3.8, 4) is 11.5 Å². The third-order valence-corrected chi connectivity index (χ3v) is 6.99. The van der Waals surface area contributed by atoms with Gasteiger partial charge in [-0.2, -0.15) is 0 Å². The number of aliphatic hydroxyl groups is 1. The van der Waals surface area contributed by atoms with E-state index in [9.17, 15) is 5.11 Å². The highest BCUT2D eigenvalue weighted by atomic mass is 16.5. The van der Waals surface area contributed by atoms with Gasteiger partial charge in [0.1, 0.15) is 6.10 Å². The molecule has 5 atom stereocenters. The van der Waals surface area contributed by atoms with Crippen molar-refractivity contribution < 1.29 is 14.6 Å². The highest BCUT2D eigenvalue weighted by Gasteiger charge is 2.61. The van der Waals surface area contributed by atoms with Gasteiger partial charge in [-0.05, 0) is 62.1 Å². The maximum absolute atomic E-state index is 10.6. The lowest BCUT2D eigenvalue weighted by molar-refractivity contribution is -0.0562. The average Bonchev–Trinajstić information content (AvgIpc) is 3.34. The molecule has 1 heterocycles. The van der Waals surface area contributed by atoms with E-state index in [1.807, 2.05) is 6.07 Å². The van der Waals surface area contributed by atoms with Gasteiger partial charge in [0, 0.05) is 17.0 Å². The summed E-state index contributed by atoms with van der Waals surface area (Å²) in [5, 5.41) is 14.5. The molecular formula is C20H27NO3. The molecule has 24 heavy (non-hydrogen) atoms. The molecule has 0 radical (unpaired) electrons. The van der Waals surface area contributed by atoms with E-state index in [-0.39, 0.29) is 11.5 Å². The van der Waals surface area contributed by atoms with Crippen molar-refractivity contribution in [1.82, 2.24) is 5.32 Å². The Labute approximate surface area is 143 Å². The lowest BCUT2D eigenvalue weighted by Gasteiger charge is -2.51. The van der Waals surface area contributed by atoms with Crippen molar-refractivity contribution >= 4 is 0 Å². The van der Waals surface area contributed by atoms with E-state index in [1.165, 1.54) is 24.0 Å². The molecule has 0 spiro atoms. The first-order valence-electron chi connectivity index (χ1n) is 9.41. The van der Waals surface area contributed by atoms with Gasteiger partial charge in [-0.15, -0.1) is 0 Å². The quantitative estimate of drug-likeness (QED) is 0.891. The van der Waals surface area contributed by atoms with Crippen LogP contribution >= 0.6 is 0 Å². The highest BCUT2D eigenvalue weighted by Crippen LogP contribution is 2.60. The van der Waals surface area contributed by atoms with Crippen molar-refractivity contribution in [3.05, 3.63) is 23.3 Å². The number of aliphatic hydroxyl groups excluding tert-OH is 1. The number of nitrogens with one attached hydrogen (secondary N) is 1. The largest absolute Gasteiger partial charge is 0.493 e. The van der Waals surface area contributed by atoms with E-state index >= 15 is 0 Å². The highest BCUT2D eigenvalue weighted by molar-refractivity contribution is 5.60. The number of ether oxygens (including phenoxy) is 2. The fourth-order valence-electron chi connectivity index (χ4n) is 5.56. The molecule has 0 bridgehead atoms. The minimum atomic E-state index is -0.390. The maximum atomic E-state index is 10.6. The number of hydrogen-bond donors (Lipinski definition) is 2. The molecule has 3 aliphatic carbocycles. The smallest absolute Gasteiger partial charge is 0.165 e. The number of hydrogen-bond acceptors (Lipinski definition) is 4. The van der Waals surface area contributed by atoms with E-state index in [2.05, 4.69) is 18.3 Å². The zero-order valence-corrected chi connectivity index (χ0v) is 14.5. The van der Waals surface area contributed by atoms with Crippen LogP contribution in [0.15, 0.2) is 12.1 Å². The monoisotopic (exact) mass is 329 g/mol. The Bertz CT molecular complexity index is 671. The molecule has 1 aliphatic heterocycles. The SMILES string of the molecule is COc1ccc2c3c1O[C@@H]1[C@@H](O)CC[C@H]([C@@H](NCC4CC4)C2)C31C. The van der Waals surface area contributed by atoms with E-state index < -0.39 is 6.10 Å². The molecule has 0 saturated heterocycles. The summed E-state index contributed by atoms with van der Waals surface area (Å²) in [5.41, 5.74) is 2.56. The Kier molecular flexibility index (Phi) is 3.21. The van der Waals surface area contributed by atoms with Crippen LogP contribution in [-0.4, -0.2) is 37.0 Å². The lowest BCUT2D eigenvalue weighted by atomic mass is 9.55. The van der Waals surface area contributed by atoms with Gasteiger partial charge in [0.2, 0.25) is 0 Å². The van der Waals surface area contributed by atoms with Gasteiger partial charge in [0.05, 0.1) is 13.2 Å². The molecule has 5 rings (SSSR count). The summed E-state index contributed by atoms with van der Waals surface area (Å²) in [4.78, 5) is 0. The Balaban J connectivity index is 1.59. The van der Waals surface area contributed by atoms with Gasteiger partial charge < -0.3 is 19.9 Å². The molecule has 1 aromatic rings. The van der Waals surface area contributed by atoms with Gasteiger partial charge in [0.15, 0.2) is 11.5 Å². The predicted molar refractivity (Wildman–Crippen MR) is 91.7 cm³/mol. The fraction of sp³-hybridized carbons (Fsp3) is 0.700. The second-order valence-electron chi connectivity index (χ2n) is 8.37. The van der Waals surface area contributed by atoms with Crippen molar-refractivity contribution in [2.45, 2.75) is 62.7 Å². The summed E-state index contributed by atoms with van der Waals surface area (Å²) in [6.45, 7) is 3.45. The molecule has 1 aromatic carbocycles.